The maximum Gasteiger partial charge on any atom is 0.208 e. The van der Waals surface area contributed by atoms with Crippen molar-refractivity contribution in [3.8, 4) is 5.75 Å². The molecule has 3 aromatic rings. The van der Waals surface area contributed by atoms with E-state index in [9.17, 15) is 8.42 Å². The lowest BCUT2D eigenvalue weighted by atomic mass is 10.2. The molecule has 5 heteroatoms. The Morgan fingerprint density at radius 2 is 1.90 bits per heavy atom. The van der Waals surface area contributed by atoms with E-state index < -0.39 is 9.84 Å². The average molecular weight is 288 g/mol. The van der Waals surface area contributed by atoms with Gasteiger partial charge in [-0.1, -0.05) is 18.2 Å². The molecule has 0 saturated heterocycles. The van der Waals surface area contributed by atoms with Crippen molar-refractivity contribution >= 4 is 20.7 Å². The molecule has 1 N–H and O–H groups in total. The number of sulfone groups is 1. The molecule has 0 radical (unpaired) electrons. The Hall–Kier alpha value is -2.27. The van der Waals surface area contributed by atoms with Crippen LogP contribution in [0.5, 0.6) is 5.75 Å². The monoisotopic (exact) mass is 288 g/mol. The molecule has 0 bridgehead atoms. The fourth-order valence-electron chi connectivity index (χ4n) is 2.07. The third kappa shape index (κ3) is 1.96. The number of benzene rings is 2. The number of methoxy groups -OCH3 is 1. The highest BCUT2D eigenvalue weighted by molar-refractivity contribution is 7.91. The first kappa shape index (κ1) is 11.5. The summed E-state index contributed by atoms with van der Waals surface area (Å²) in [6.07, 6.45) is -0.123. The number of aromatic amines is 1. The Morgan fingerprint density at radius 3 is 2.60 bits per heavy atom. The predicted molar refractivity (Wildman–Crippen MR) is 76.7 cm³/mol. The Bertz CT molecular complexity index is 901. The van der Waals surface area contributed by atoms with Gasteiger partial charge in [0.2, 0.25) is 9.84 Å². The molecule has 0 aliphatic carbocycles. The molecule has 0 unspecified atom stereocenters. The number of H-pyrrole nitrogens is 1. The van der Waals surface area contributed by atoms with Gasteiger partial charge in [-0.15, -0.1) is 0 Å². The van der Waals surface area contributed by atoms with Crippen molar-refractivity contribution in [1.82, 2.24) is 4.98 Å². The van der Waals surface area contributed by atoms with Crippen LogP contribution in [0, 0.1) is 0 Å². The van der Waals surface area contributed by atoms with E-state index >= 15 is 0 Å². The van der Waals surface area contributed by atoms with E-state index in [1.165, 1.54) is 19.2 Å². The summed E-state index contributed by atoms with van der Waals surface area (Å²) in [5.41, 5.74) is 0.593. The summed E-state index contributed by atoms with van der Waals surface area (Å²) >= 11 is 0. The molecule has 0 amide bonds. The Labute approximate surface area is 118 Å². The van der Waals surface area contributed by atoms with Gasteiger partial charge >= 0.3 is 0 Å². The predicted octanol–water partition coefficient (Wildman–Crippen LogP) is 3.01. The number of fused-ring (bicyclic) bond motifs is 1. The molecule has 0 spiro atoms. The maximum absolute atomic E-state index is 12.7. The lowest BCUT2D eigenvalue weighted by Crippen LogP contribution is -2.00. The molecule has 4 nitrogen and oxygen atoms in total. The van der Waals surface area contributed by atoms with Crippen LogP contribution >= 0.6 is 0 Å². The second-order valence-corrected chi connectivity index (χ2v) is 6.19. The van der Waals surface area contributed by atoms with Gasteiger partial charge in [0.1, 0.15) is 5.75 Å². The summed E-state index contributed by atoms with van der Waals surface area (Å²) in [7, 11) is -2.24. The summed E-state index contributed by atoms with van der Waals surface area (Å²) in [4.78, 5) is 2.93. The Morgan fingerprint density at radius 1 is 1.15 bits per heavy atom. The fourth-order valence-corrected chi connectivity index (χ4v) is 3.46. The molecule has 0 saturated carbocycles. The Kier molecular flexibility index (Phi) is 2.70. The number of hydrogen-bond donors (Lipinski definition) is 1. The van der Waals surface area contributed by atoms with Gasteiger partial charge in [-0.25, -0.2) is 8.42 Å². The van der Waals surface area contributed by atoms with E-state index in [0.29, 0.717) is 16.7 Å². The van der Waals surface area contributed by atoms with E-state index in [1.54, 1.807) is 36.4 Å². The maximum atomic E-state index is 12.7. The van der Waals surface area contributed by atoms with Crippen LogP contribution in [0.3, 0.4) is 0 Å². The number of hydrogen-bond acceptors (Lipinski definition) is 3. The molecule has 102 valence electrons. The van der Waals surface area contributed by atoms with Crippen LogP contribution in [0.25, 0.3) is 10.9 Å². The highest BCUT2D eigenvalue weighted by atomic mass is 32.2. The molecule has 0 aliphatic heterocycles. The first-order valence-electron chi connectivity index (χ1n) is 6.50. The standard InChI is InChI=1S/C15H13NO3S/c1-19-11-7-8-14-13(9-11)15(10-16-14)20(17,18)12-5-3-2-4-6-12/h2-10,16H,1H3/i10D. The first-order valence-corrected chi connectivity index (χ1v) is 7.49. The van der Waals surface area contributed by atoms with Gasteiger partial charge in [-0.2, -0.15) is 0 Å². The van der Waals surface area contributed by atoms with E-state index in [-0.39, 0.29) is 16.0 Å². The number of ether oxygens (including phenoxy) is 1. The molecule has 2 aromatic carbocycles. The van der Waals surface area contributed by atoms with Crippen molar-refractivity contribution in [3.63, 3.8) is 0 Å². The summed E-state index contributed by atoms with van der Waals surface area (Å²) in [6, 6.07) is 13.2. The summed E-state index contributed by atoms with van der Waals surface area (Å²) in [6.45, 7) is 0. The Balaban J connectivity index is 2.32. The van der Waals surface area contributed by atoms with Crippen LogP contribution in [0.2, 0.25) is 0 Å². The lowest BCUT2D eigenvalue weighted by Gasteiger charge is -2.04. The molecule has 3 rings (SSSR count). The minimum atomic E-state index is -3.75. The van der Waals surface area contributed by atoms with Crippen molar-refractivity contribution < 1.29 is 14.5 Å². The van der Waals surface area contributed by atoms with E-state index in [1.807, 2.05) is 0 Å². The number of rotatable bonds is 3. The van der Waals surface area contributed by atoms with Gasteiger partial charge in [0.05, 0.1) is 18.3 Å². The van der Waals surface area contributed by atoms with Gasteiger partial charge in [0.15, 0.2) is 0 Å². The zero-order chi connectivity index (χ0) is 15.0. The smallest absolute Gasteiger partial charge is 0.208 e. The van der Waals surface area contributed by atoms with E-state index in [0.717, 1.165) is 0 Å². The van der Waals surface area contributed by atoms with Crippen molar-refractivity contribution in [2.75, 3.05) is 7.11 Å². The minimum absolute atomic E-state index is 0.0254. The van der Waals surface area contributed by atoms with Crippen LogP contribution < -0.4 is 4.74 Å². The van der Waals surface area contributed by atoms with Crippen molar-refractivity contribution in [1.29, 1.82) is 0 Å². The van der Waals surface area contributed by atoms with Gasteiger partial charge in [0.25, 0.3) is 0 Å². The van der Waals surface area contributed by atoms with Crippen molar-refractivity contribution in [3.05, 3.63) is 54.7 Å². The molecule has 1 heterocycles. The highest BCUT2D eigenvalue weighted by Crippen LogP contribution is 2.30. The van der Waals surface area contributed by atoms with Crippen molar-refractivity contribution in [2.45, 2.75) is 9.79 Å². The largest absolute Gasteiger partial charge is 0.497 e. The molecular weight excluding hydrogens is 274 g/mol. The molecule has 1 aromatic heterocycles. The molecule has 0 fully saturated rings. The second-order valence-electron chi connectivity index (χ2n) is 4.31. The van der Waals surface area contributed by atoms with Gasteiger partial charge < -0.3 is 9.72 Å². The molecule has 0 aliphatic rings. The van der Waals surface area contributed by atoms with Crippen LogP contribution in [0.15, 0.2) is 64.5 Å². The summed E-state index contributed by atoms with van der Waals surface area (Å²) in [5, 5.41) is 0.461. The fraction of sp³-hybridized carbons (Fsp3) is 0.0667. The molecular formula is C15H13NO3S. The third-order valence-corrected chi connectivity index (χ3v) is 4.86. The van der Waals surface area contributed by atoms with Crippen LogP contribution in [-0.2, 0) is 9.84 Å². The zero-order valence-electron chi connectivity index (χ0n) is 11.8. The van der Waals surface area contributed by atoms with Crippen LogP contribution in [0.4, 0.5) is 0 Å². The zero-order valence-corrected chi connectivity index (χ0v) is 11.6. The van der Waals surface area contributed by atoms with Gasteiger partial charge in [-0.05, 0) is 30.3 Å². The summed E-state index contributed by atoms with van der Waals surface area (Å²) in [5.74, 6) is 0.547. The van der Waals surface area contributed by atoms with E-state index in [2.05, 4.69) is 4.98 Å². The second kappa shape index (κ2) is 4.68. The average Bonchev–Trinajstić information content (AvgIpc) is 2.83. The van der Waals surface area contributed by atoms with Gasteiger partial charge in [-0.3, -0.25) is 0 Å². The normalized spacial score (nSPS) is 12.3. The van der Waals surface area contributed by atoms with Crippen molar-refractivity contribution in [2.24, 2.45) is 0 Å². The van der Waals surface area contributed by atoms with E-state index in [4.69, 9.17) is 6.11 Å². The van der Waals surface area contributed by atoms with Gasteiger partial charge in [0, 0.05) is 17.1 Å². The minimum Gasteiger partial charge on any atom is -0.497 e. The van der Waals surface area contributed by atoms with Crippen LogP contribution in [0.1, 0.15) is 1.37 Å². The molecule has 20 heavy (non-hydrogen) atoms. The quantitative estimate of drug-likeness (QED) is 0.806. The number of nitrogens with one attached hydrogen (secondary N) is 1. The first-order chi connectivity index (χ1) is 10.0. The lowest BCUT2D eigenvalue weighted by molar-refractivity contribution is 0.415. The molecule has 0 atom stereocenters. The third-order valence-electron chi connectivity index (χ3n) is 3.10. The highest BCUT2D eigenvalue weighted by Gasteiger charge is 2.21. The summed E-state index contributed by atoms with van der Waals surface area (Å²) < 4.78 is 38.6. The topological polar surface area (TPSA) is 59.2 Å². The SMILES string of the molecule is [2H]c1[nH]c2ccc(OC)cc2c1S(=O)(=O)c1ccccc1. The van der Waals surface area contributed by atoms with Crippen LogP contribution in [-0.4, -0.2) is 20.5 Å². The number of aromatic nitrogens is 1.